The average molecular weight is 292 g/mol. The summed E-state index contributed by atoms with van der Waals surface area (Å²) in [6.45, 7) is 3.43. The fraction of sp³-hybridized carbons (Fsp3) is 0.214. The predicted molar refractivity (Wildman–Crippen MR) is 79.0 cm³/mol. The first-order chi connectivity index (χ1) is 9.47. The lowest BCUT2D eigenvalue weighted by Gasteiger charge is -2.08. The van der Waals surface area contributed by atoms with Crippen LogP contribution in [0.4, 0.5) is 5.69 Å². The molecule has 0 fully saturated rings. The van der Waals surface area contributed by atoms with Crippen molar-refractivity contribution in [1.29, 1.82) is 0 Å². The van der Waals surface area contributed by atoms with E-state index in [2.05, 4.69) is 15.5 Å². The van der Waals surface area contributed by atoms with Gasteiger partial charge in [0.25, 0.3) is 5.56 Å². The van der Waals surface area contributed by atoms with E-state index in [0.717, 1.165) is 11.1 Å². The highest BCUT2D eigenvalue weighted by Crippen LogP contribution is 2.21. The summed E-state index contributed by atoms with van der Waals surface area (Å²) in [7, 11) is 0. The summed E-state index contributed by atoms with van der Waals surface area (Å²) in [4.78, 5) is 22.6. The van der Waals surface area contributed by atoms with Gasteiger partial charge in [0, 0.05) is 17.3 Å². The molecule has 0 saturated heterocycles. The fourth-order valence-electron chi connectivity index (χ4n) is 1.74. The number of amides is 1. The second-order valence-electron chi connectivity index (χ2n) is 4.45. The normalized spacial score (nSPS) is 11.9. The zero-order valence-corrected chi connectivity index (χ0v) is 11.9. The summed E-state index contributed by atoms with van der Waals surface area (Å²) >= 11 is 5.69. The van der Waals surface area contributed by atoms with Crippen molar-refractivity contribution in [3.63, 3.8) is 0 Å². The highest BCUT2D eigenvalue weighted by molar-refractivity contribution is 6.32. The lowest BCUT2D eigenvalue weighted by molar-refractivity contribution is -0.115. The standard InChI is InChI=1S/C14H14ClN3O2/c1-8-7-12(19)17-18-13(8)10-3-5-11(6-4-10)16-14(20)9(2)15/h3-7,9H,1-2H3,(H,16,20)(H,17,19). The quantitative estimate of drug-likeness (QED) is 0.852. The van der Waals surface area contributed by atoms with Gasteiger partial charge in [-0.15, -0.1) is 11.6 Å². The topological polar surface area (TPSA) is 74.8 Å². The molecule has 2 N–H and O–H groups in total. The molecule has 0 aliphatic carbocycles. The first-order valence-corrected chi connectivity index (χ1v) is 6.52. The number of nitrogens with one attached hydrogen (secondary N) is 2. The fourth-order valence-corrected chi connectivity index (χ4v) is 1.80. The van der Waals surface area contributed by atoms with Crippen LogP contribution >= 0.6 is 11.6 Å². The number of hydrogen-bond acceptors (Lipinski definition) is 3. The molecule has 0 radical (unpaired) electrons. The monoisotopic (exact) mass is 291 g/mol. The van der Waals surface area contributed by atoms with Crippen molar-refractivity contribution in [2.24, 2.45) is 0 Å². The van der Waals surface area contributed by atoms with Crippen molar-refractivity contribution in [3.8, 4) is 11.3 Å². The van der Waals surface area contributed by atoms with Crippen LogP contribution < -0.4 is 10.9 Å². The smallest absolute Gasteiger partial charge is 0.264 e. The van der Waals surface area contributed by atoms with Gasteiger partial charge in [-0.05, 0) is 31.5 Å². The van der Waals surface area contributed by atoms with Gasteiger partial charge in [0.05, 0.1) is 5.69 Å². The van der Waals surface area contributed by atoms with Crippen LogP contribution in [0.15, 0.2) is 35.1 Å². The number of alkyl halides is 1. The third-order valence-corrected chi connectivity index (χ3v) is 2.98. The van der Waals surface area contributed by atoms with Gasteiger partial charge in [0.15, 0.2) is 0 Å². The lowest BCUT2D eigenvalue weighted by atomic mass is 10.1. The van der Waals surface area contributed by atoms with Gasteiger partial charge in [-0.3, -0.25) is 9.59 Å². The maximum absolute atomic E-state index is 11.5. The summed E-state index contributed by atoms with van der Waals surface area (Å²) in [5, 5.41) is 8.54. The van der Waals surface area contributed by atoms with Crippen LogP contribution in [0, 0.1) is 6.92 Å². The highest BCUT2D eigenvalue weighted by atomic mass is 35.5. The number of hydrogen-bond donors (Lipinski definition) is 2. The van der Waals surface area contributed by atoms with E-state index < -0.39 is 5.38 Å². The molecule has 2 rings (SSSR count). The molecule has 1 amide bonds. The molecule has 20 heavy (non-hydrogen) atoms. The van der Waals surface area contributed by atoms with Gasteiger partial charge in [0.1, 0.15) is 5.38 Å². The molecule has 0 aliphatic rings. The molecular weight excluding hydrogens is 278 g/mol. The molecule has 2 aromatic rings. The molecule has 0 bridgehead atoms. The number of aromatic amines is 1. The zero-order chi connectivity index (χ0) is 14.7. The van der Waals surface area contributed by atoms with E-state index in [0.29, 0.717) is 11.4 Å². The summed E-state index contributed by atoms with van der Waals surface area (Å²) in [6.07, 6.45) is 0. The molecule has 0 aliphatic heterocycles. The molecule has 1 atom stereocenters. The van der Waals surface area contributed by atoms with Gasteiger partial charge in [-0.1, -0.05) is 12.1 Å². The van der Waals surface area contributed by atoms with Crippen molar-refractivity contribution in [1.82, 2.24) is 10.2 Å². The van der Waals surface area contributed by atoms with Gasteiger partial charge in [-0.2, -0.15) is 5.10 Å². The van der Waals surface area contributed by atoms with Gasteiger partial charge in [-0.25, -0.2) is 5.10 Å². The van der Waals surface area contributed by atoms with E-state index in [9.17, 15) is 9.59 Å². The maximum atomic E-state index is 11.5. The van der Waals surface area contributed by atoms with Gasteiger partial charge in [0.2, 0.25) is 5.91 Å². The minimum atomic E-state index is -0.585. The molecule has 1 heterocycles. The van der Waals surface area contributed by atoms with E-state index in [1.165, 1.54) is 6.07 Å². The van der Waals surface area contributed by atoms with Crippen molar-refractivity contribution in [3.05, 3.63) is 46.2 Å². The van der Waals surface area contributed by atoms with Crippen LogP contribution in [0.2, 0.25) is 0 Å². The number of aryl methyl sites for hydroxylation is 1. The number of halogens is 1. The third-order valence-electron chi connectivity index (χ3n) is 2.79. The lowest BCUT2D eigenvalue weighted by Crippen LogP contribution is -2.20. The largest absolute Gasteiger partial charge is 0.325 e. The summed E-state index contributed by atoms with van der Waals surface area (Å²) in [6, 6.07) is 8.66. The highest BCUT2D eigenvalue weighted by Gasteiger charge is 2.09. The van der Waals surface area contributed by atoms with E-state index >= 15 is 0 Å². The SMILES string of the molecule is Cc1cc(=O)[nH]nc1-c1ccc(NC(=O)C(C)Cl)cc1. The Morgan fingerprint density at radius 1 is 1.35 bits per heavy atom. The molecule has 5 nitrogen and oxygen atoms in total. The molecule has 104 valence electrons. The number of H-pyrrole nitrogens is 1. The minimum Gasteiger partial charge on any atom is -0.325 e. The number of rotatable bonds is 3. The Hall–Kier alpha value is -2.14. The molecule has 0 spiro atoms. The number of aromatic nitrogens is 2. The Morgan fingerprint density at radius 2 is 2.00 bits per heavy atom. The van der Waals surface area contributed by atoms with Crippen LogP contribution in [0.25, 0.3) is 11.3 Å². The predicted octanol–water partition coefficient (Wildman–Crippen LogP) is 2.31. The van der Waals surface area contributed by atoms with Crippen molar-refractivity contribution in [2.75, 3.05) is 5.32 Å². The minimum absolute atomic E-state index is 0.230. The van der Waals surface area contributed by atoms with Crippen molar-refractivity contribution < 1.29 is 4.79 Å². The number of carbonyl (C=O) groups is 1. The summed E-state index contributed by atoms with van der Waals surface area (Å²) < 4.78 is 0. The van der Waals surface area contributed by atoms with Crippen molar-refractivity contribution in [2.45, 2.75) is 19.2 Å². The first kappa shape index (κ1) is 14.3. The van der Waals surface area contributed by atoms with E-state index in [1.54, 1.807) is 19.1 Å². The van der Waals surface area contributed by atoms with Crippen molar-refractivity contribution >= 4 is 23.2 Å². The second kappa shape index (κ2) is 5.88. The second-order valence-corrected chi connectivity index (χ2v) is 5.10. The van der Waals surface area contributed by atoms with Crippen LogP contribution in [0.3, 0.4) is 0 Å². The number of nitrogens with zero attached hydrogens (tertiary/aromatic N) is 1. The Kier molecular flexibility index (Phi) is 4.20. The van der Waals surface area contributed by atoms with Crippen LogP contribution in [0.5, 0.6) is 0 Å². The first-order valence-electron chi connectivity index (χ1n) is 6.09. The molecule has 1 aromatic carbocycles. The Bertz CT molecular complexity index is 678. The summed E-state index contributed by atoms with van der Waals surface area (Å²) in [5.41, 5.74) is 2.78. The third kappa shape index (κ3) is 3.24. The molecular formula is C14H14ClN3O2. The number of anilines is 1. The van der Waals surface area contributed by atoms with E-state index in [4.69, 9.17) is 11.6 Å². The molecule has 1 aromatic heterocycles. The maximum Gasteiger partial charge on any atom is 0.264 e. The number of carbonyl (C=O) groups excluding carboxylic acids is 1. The average Bonchev–Trinajstić information content (AvgIpc) is 2.40. The van der Waals surface area contributed by atoms with E-state index in [-0.39, 0.29) is 11.5 Å². The number of benzene rings is 1. The van der Waals surface area contributed by atoms with E-state index in [1.807, 2.05) is 19.1 Å². The summed E-state index contributed by atoms with van der Waals surface area (Å²) in [5.74, 6) is -0.252. The van der Waals surface area contributed by atoms with Gasteiger partial charge < -0.3 is 5.32 Å². The van der Waals surface area contributed by atoms with Crippen LogP contribution in [0.1, 0.15) is 12.5 Å². The van der Waals surface area contributed by atoms with Crippen LogP contribution in [-0.4, -0.2) is 21.5 Å². The zero-order valence-electron chi connectivity index (χ0n) is 11.1. The Balaban J connectivity index is 2.24. The Morgan fingerprint density at radius 3 is 2.55 bits per heavy atom. The molecule has 6 heteroatoms. The molecule has 1 unspecified atom stereocenters. The molecule has 0 saturated carbocycles. The Labute approximate surface area is 121 Å². The van der Waals surface area contributed by atoms with Gasteiger partial charge >= 0.3 is 0 Å². The van der Waals surface area contributed by atoms with Crippen LogP contribution in [-0.2, 0) is 4.79 Å².